The Morgan fingerprint density at radius 3 is 2.55 bits per heavy atom. The zero-order valence-electron chi connectivity index (χ0n) is 18.6. The summed E-state index contributed by atoms with van der Waals surface area (Å²) in [7, 11) is 1.50. The van der Waals surface area contributed by atoms with Crippen molar-refractivity contribution in [2.24, 2.45) is 5.73 Å². The molecule has 0 atom stereocenters. The van der Waals surface area contributed by atoms with Gasteiger partial charge >= 0.3 is 0 Å². The van der Waals surface area contributed by atoms with Gasteiger partial charge < -0.3 is 5.73 Å². The Labute approximate surface area is 187 Å². The van der Waals surface area contributed by atoms with E-state index in [0.717, 1.165) is 18.4 Å². The highest BCUT2D eigenvalue weighted by Crippen LogP contribution is 2.20. The molecule has 0 bridgehead atoms. The van der Waals surface area contributed by atoms with Crippen LogP contribution in [0.4, 0.5) is 5.95 Å². The van der Waals surface area contributed by atoms with E-state index in [1.807, 2.05) is 37.5 Å². The molecule has 0 unspecified atom stereocenters. The van der Waals surface area contributed by atoms with E-state index in [1.165, 1.54) is 19.6 Å². The normalized spacial score (nSPS) is 10.3. The Bertz CT molecular complexity index is 1020. The number of allylic oxidation sites excluding steroid dienone is 2. The molecule has 10 heteroatoms. The minimum Gasteiger partial charge on any atom is -0.333 e. The number of amides is 1. The minimum atomic E-state index is -0.288. The van der Waals surface area contributed by atoms with Crippen LogP contribution in [0.2, 0.25) is 0 Å². The molecule has 3 N–H and O–H groups in total. The molecule has 31 heavy (non-hydrogen) atoms. The van der Waals surface area contributed by atoms with E-state index in [9.17, 15) is 9.59 Å². The number of alkyl halides is 1. The van der Waals surface area contributed by atoms with Gasteiger partial charge in [-0.05, 0) is 39.4 Å². The molecule has 3 aromatic rings. The highest BCUT2D eigenvalue weighted by atomic mass is 35.5. The second-order valence-electron chi connectivity index (χ2n) is 6.10. The van der Waals surface area contributed by atoms with Gasteiger partial charge in [0.1, 0.15) is 11.2 Å². The highest BCUT2D eigenvalue weighted by molar-refractivity contribution is 6.15. The molecule has 0 fully saturated rings. The third-order valence-electron chi connectivity index (χ3n) is 4.09. The summed E-state index contributed by atoms with van der Waals surface area (Å²) in [6, 6.07) is 3.40. The van der Waals surface area contributed by atoms with Gasteiger partial charge in [0.2, 0.25) is 5.95 Å². The van der Waals surface area contributed by atoms with Crippen molar-refractivity contribution in [3.63, 3.8) is 0 Å². The molecule has 3 aromatic heterocycles. The molecule has 1 amide bonds. The number of anilines is 1. The van der Waals surface area contributed by atoms with E-state index in [-0.39, 0.29) is 5.91 Å². The zero-order valence-corrected chi connectivity index (χ0v) is 19.3. The number of aldehydes is 1. The molecule has 168 valence electrons. The van der Waals surface area contributed by atoms with Crippen LogP contribution in [0.1, 0.15) is 46.8 Å². The van der Waals surface area contributed by atoms with Gasteiger partial charge in [0.15, 0.2) is 11.9 Å². The van der Waals surface area contributed by atoms with Gasteiger partial charge in [-0.2, -0.15) is 5.10 Å². The molecule has 3 heterocycles. The minimum absolute atomic E-state index is 0.288. The Morgan fingerprint density at radius 1 is 1.23 bits per heavy atom. The summed E-state index contributed by atoms with van der Waals surface area (Å²) in [4.78, 5) is 32.6. The number of imidazole rings is 1. The van der Waals surface area contributed by atoms with Crippen LogP contribution in [0.25, 0.3) is 11.2 Å². The fraction of sp³-hybridized carbons (Fsp3) is 0.381. The van der Waals surface area contributed by atoms with Crippen LogP contribution in [0.3, 0.4) is 0 Å². The number of hydrogen-bond acceptors (Lipinski definition) is 6. The monoisotopic (exact) mass is 447 g/mol. The number of carbonyl (C=O) groups excluding carboxylic acids is 2. The Balaban J connectivity index is 0.00000113. The summed E-state index contributed by atoms with van der Waals surface area (Å²) in [5.74, 6) is 0.0943. The molecule has 0 aromatic carbocycles. The van der Waals surface area contributed by atoms with E-state index in [4.69, 9.17) is 0 Å². The fourth-order valence-electron chi connectivity index (χ4n) is 2.84. The van der Waals surface area contributed by atoms with Crippen molar-refractivity contribution in [3.8, 4) is 0 Å². The van der Waals surface area contributed by atoms with Crippen LogP contribution in [0.15, 0.2) is 30.5 Å². The molecule has 0 spiro atoms. The van der Waals surface area contributed by atoms with E-state index in [1.54, 1.807) is 16.8 Å². The predicted molar refractivity (Wildman–Crippen MR) is 125 cm³/mol. The maximum atomic E-state index is 12.8. The molecule has 0 saturated heterocycles. The van der Waals surface area contributed by atoms with Gasteiger partial charge in [-0.15, -0.1) is 11.6 Å². The van der Waals surface area contributed by atoms with Crippen molar-refractivity contribution in [2.75, 3.05) is 18.7 Å². The van der Waals surface area contributed by atoms with E-state index in [0.29, 0.717) is 41.5 Å². The quantitative estimate of drug-likeness (QED) is 0.325. The number of fused-ring (bicyclic) bond motifs is 1. The van der Waals surface area contributed by atoms with Crippen molar-refractivity contribution < 1.29 is 9.59 Å². The van der Waals surface area contributed by atoms with E-state index >= 15 is 0 Å². The molecule has 9 nitrogen and oxygen atoms in total. The summed E-state index contributed by atoms with van der Waals surface area (Å²) in [6.45, 7) is 6.93. The molecule has 0 saturated carbocycles. The highest BCUT2D eigenvalue weighted by Gasteiger charge is 2.18. The smallest absolute Gasteiger partial charge is 0.276 e. The lowest BCUT2D eigenvalue weighted by Crippen LogP contribution is -2.19. The number of carbonyl (C=O) groups is 2. The van der Waals surface area contributed by atoms with Crippen LogP contribution in [0.5, 0.6) is 0 Å². The molecular formula is C21H30ClN7O2. The number of nitrogens with two attached hydrogens (primary N) is 1. The lowest BCUT2D eigenvalue weighted by molar-refractivity contribution is 0.101. The zero-order chi connectivity index (χ0) is 23.4. The first kappa shape index (κ1) is 26.0. The third-order valence-corrected chi connectivity index (χ3v) is 4.09. The number of aromatic nitrogens is 5. The van der Waals surface area contributed by atoms with E-state index < -0.39 is 0 Å². The number of rotatable bonds is 7. The molecule has 0 aliphatic rings. The molecule has 0 radical (unpaired) electrons. The van der Waals surface area contributed by atoms with Gasteiger partial charge in [0, 0.05) is 31.2 Å². The van der Waals surface area contributed by atoms with Crippen molar-refractivity contribution in [2.45, 2.75) is 40.3 Å². The van der Waals surface area contributed by atoms with Crippen LogP contribution >= 0.6 is 11.6 Å². The summed E-state index contributed by atoms with van der Waals surface area (Å²) >= 11 is 4.64. The Morgan fingerprint density at radius 2 is 1.94 bits per heavy atom. The maximum absolute atomic E-state index is 12.8. The van der Waals surface area contributed by atoms with Crippen molar-refractivity contribution >= 4 is 40.9 Å². The fourth-order valence-corrected chi connectivity index (χ4v) is 2.84. The topological polar surface area (TPSA) is 121 Å². The predicted octanol–water partition coefficient (Wildman–Crippen LogP) is 3.42. The first-order chi connectivity index (χ1) is 15.1. The lowest BCUT2D eigenvalue weighted by atomic mass is 10.3. The Kier molecular flexibility index (Phi) is 11.2. The number of aryl methyl sites for hydroxylation is 2. The van der Waals surface area contributed by atoms with Gasteiger partial charge in [0.05, 0.1) is 5.69 Å². The van der Waals surface area contributed by atoms with Crippen molar-refractivity contribution in [3.05, 3.63) is 47.4 Å². The van der Waals surface area contributed by atoms with Gasteiger partial charge in [-0.3, -0.25) is 24.2 Å². The maximum Gasteiger partial charge on any atom is 0.276 e. The van der Waals surface area contributed by atoms with Crippen LogP contribution < -0.4 is 11.1 Å². The molecular weight excluding hydrogens is 418 g/mol. The first-order valence-electron chi connectivity index (χ1n) is 9.85. The summed E-state index contributed by atoms with van der Waals surface area (Å²) in [5, 5.41) is 7.17. The first-order valence-corrected chi connectivity index (χ1v) is 10.6. The SMILES string of the molecule is CC/C=C/Cn1c(NC(=O)c2cc(C)nn2CC)nc2cc(C=O)cnc21.CCl.CN. The molecule has 3 rings (SSSR count). The largest absolute Gasteiger partial charge is 0.333 e. The van der Waals surface area contributed by atoms with Crippen molar-refractivity contribution in [1.29, 1.82) is 0 Å². The van der Waals surface area contributed by atoms with Crippen molar-refractivity contribution in [1.82, 2.24) is 24.3 Å². The average Bonchev–Trinajstić information content (AvgIpc) is 3.36. The number of halogens is 1. The summed E-state index contributed by atoms with van der Waals surface area (Å²) < 4.78 is 3.46. The van der Waals surface area contributed by atoms with Gasteiger partial charge in [0.25, 0.3) is 5.91 Å². The number of pyridine rings is 1. The van der Waals surface area contributed by atoms with Crippen LogP contribution in [0, 0.1) is 6.92 Å². The number of nitrogens with one attached hydrogen (secondary N) is 1. The Hall–Kier alpha value is -3.04. The molecule has 0 aliphatic heterocycles. The number of hydrogen-bond donors (Lipinski definition) is 2. The van der Waals surface area contributed by atoms with Crippen LogP contribution in [-0.2, 0) is 13.1 Å². The second-order valence-corrected chi connectivity index (χ2v) is 6.10. The van der Waals surface area contributed by atoms with Gasteiger partial charge in [-0.25, -0.2) is 9.97 Å². The standard InChI is InChI=1S/C19H22N6O2.CH3Cl.CH5N/c1-4-6-7-8-24-17-15(10-14(12-26)11-20-17)21-19(24)22-18(27)16-9-13(3)23-25(16)5-2;2*1-2/h6-7,9-12H,4-5,8H2,1-3H3,(H,21,22,27);1H3;2H2,1H3/b7-6+;;. The summed E-state index contributed by atoms with van der Waals surface area (Å²) in [6.07, 6.45) is 8.63. The third kappa shape index (κ3) is 6.47. The summed E-state index contributed by atoms with van der Waals surface area (Å²) in [5.41, 5.74) is 7.35. The number of nitrogens with zero attached hydrogens (tertiary/aromatic N) is 5. The van der Waals surface area contributed by atoms with Gasteiger partial charge in [-0.1, -0.05) is 19.1 Å². The lowest BCUT2D eigenvalue weighted by Gasteiger charge is -2.08. The second kappa shape index (κ2) is 13.3. The van der Waals surface area contributed by atoms with E-state index in [2.05, 4.69) is 37.7 Å². The molecule has 0 aliphatic carbocycles. The van der Waals surface area contributed by atoms with Crippen LogP contribution in [-0.4, -0.2) is 49.9 Å². The average molecular weight is 448 g/mol.